The zero-order chi connectivity index (χ0) is 14.2. The second-order valence-corrected chi connectivity index (χ2v) is 7.64. The molecule has 3 atom stereocenters. The van der Waals surface area contributed by atoms with E-state index in [1.54, 1.807) is 0 Å². The van der Waals surface area contributed by atoms with Crippen LogP contribution in [-0.4, -0.2) is 49.1 Å². The van der Waals surface area contributed by atoms with Crippen molar-refractivity contribution >= 4 is 21.4 Å². The molecular formula is C13H18ClNO3S. The molecule has 0 saturated carbocycles. The smallest absolute Gasteiger partial charge is 0.154 e. The van der Waals surface area contributed by atoms with E-state index in [-0.39, 0.29) is 23.6 Å². The summed E-state index contributed by atoms with van der Waals surface area (Å²) >= 11 is 6.15. The van der Waals surface area contributed by atoms with Crippen LogP contribution in [0.1, 0.15) is 18.5 Å². The van der Waals surface area contributed by atoms with Gasteiger partial charge in [0.25, 0.3) is 0 Å². The van der Waals surface area contributed by atoms with Crippen molar-refractivity contribution in [1.82, 2.24) is 4.90 Å². The van der Waals surface area contributed by atoms with Gasteiger partial charge in [-0.15, -0.1) is 0 Å². The number of halogens is 1. The maximum absolute atomic E-state index is 11.6. The Morgan fingerprint density at radius 2 is 2.00 bits per heavy atom. The molecule has 0 spiro atoms. The fraction of sp³-hybridized carbons (Fsp3) is 0.538. The van der Waals surface area contributed by atoms with Crippen LogP contribution >= 0.6 is 11.6 Å². The van der Waals surface area contributed by atoms with Crippen LogP contribution in [0.5, 0.6) is 0 Å². The third kappa shape index (κ3) is 3.11. The molecule has 0 amide bonds. The summed E-state index contributed by atoms with van der Waals surface area (Å²) in [6.07, 6.45) is -0.833. The van der Waals surface area contributed by atoms with Gasteiger partial charge in [0.1, 0.15) is 0 Å². The van der Waals surface area contributed by atoms with Crippen LogP contribution in [0.2, 0.25) is 5.02 Å². The van der Waals surface area contributed by atoms with Crippen molar-refractivity contribution in [3.8, 4) is 0 Å². The molecule has 1 aliphatic heterocycles. The van der Waals surface area contributed by atoms with Gasteiger partial charge in [0.15, 0.2) is 9.84 Å². The molecule has 0 aromatic heterocycles. The van der Waals surface area contributed by atoms with Crippen molar-refractivity contribution in [1.29, 1.82) is 0 Å². The number of nitrogens with zero attached hydrogens (tertiary/aromatic N) is 1. The number of aliphatic hydroxyl groups excluding tert-OH is 1. The molecule has 19 heavy (non-hydrogen) atoms. The Morgan fingerprint density at radius 3 is 2.53 bits per heavy atom. The molecule has 4 nitrogen and oxygen atoms in total. The lowest BCUT2D eigenvalue weighted by molar-refractivity contribution is 0.0777. The molecule has 3 unspecified atom stereocenters. The largest absolute Gasteiger partial charge is 0.390 e. The van der Waals surface area contributed by atoms with Crippen LogP contribution < -0.4 is 0 Å². The summed E-state index contributed by atoms with van der Waals surface area (Å²) in [4.78, 5) is 1.89. The summed E-state index contributed by atoms with van der Waals surface area (Å²) in [5.41, 5.74) is 0.933. The van der Waals surface area contributed by atoms with Gasteiger partial charge in [0.05, 0.1) is 23.7 Å². The first kappa shape index (κ1) is 14.8. The number of aliphatic hydroxyl groups is 1. The molecule has 1 aliphatic rings. The summed E-state index contributed by atoms with van der Waals surface area (Å²) < 4.78 is 23.1. The number of benzene rings is 1. The third-order valence-corrected chi connectivity index (χ3v) is 5.83. The second kappa shape index (κ2) is 5.40. The topological polar surface area (TPSA) is 57.6 Å². The highest BCUT2D eigenvalue weighted by Gasteiger charge is 2.40. The SMILES string of the molecule is CC(c1ccccc1Cl)N(C)C1CS(=O)(=O)CC1O. The highest BCUT2D eigenvalue weighted by molar-refractivity contribution is 7.91. The van der Waals surface area contributed by atoms with Gasteiger partial charge in [-0.05, 0) is 25.6 Å². The minimum Gasteiger partial charge on any atom is -0.390 e. The van der Waals surface area contributed by atoms with E-state index in [9.17, 15) is 13.5 Å². The van der Waals surface area contributed by atoms with Crippen LogP contribution in [0.25, 0.3) is 0 Å². The summed E-state index contributed by atoms with van der Waals surface area (Å²) in [6, 6.07) is 7.04. The number of hydrogen-bond donors (Lipinski definition) is 1. The molecule has 2 rings (SSSR count). The van der Waals surface area contributed by atoms with Gasteiger partial charge >= 0.3 is 0 Å². The minimum absolute atomic E-state index is 0.000536. The first-order chi connectivity index (χ1) is 8.82. The zero-order valence-corrected chi connectivity index (χ0v) is 12.5. The summed E-state index contributed by atoms with van der Waals surface area (Å²) in [7, 11) is -1.32. The maximum atomic E-state index is 11.6. The third-order valence-electron chi connectivity index (χ3n) is 3.78. The van der Waals surface area contributed by atoms with Crippen molar-refractivity contribution in [2.45, 2.75) is 25.1 Å². The van der Waals surface area contributed by atoms with Crippen molar-refractivity contribution in [2.75, 3.05) is 18.6 Å². The first-order valence-corrected chi connectivity index (χ1v) is 8.36. The lowest BCUT2D eigenvalue weighted by Gasteiger charge is -2.32. The quantitative estimate of drug-likeness (QED) is 0.919. The number of likely N-dealkylation sites (N-methyl/N-ethyl adjacent to an activating group) is 1. The standard InChI is InChI=1S/C13H18ClNO3S/c1-9(10-5-3-4-6-11(10)14)15(2)12-7-19(17,18)8-13(12)16/h3-6,9,12-13,16H,7-8H2,1-2H3. The Morgan fingerprint density at radius 1 is 1.37 bits per heavy atom. The molecule has 0 radical (unpaired) electrons. The number of rotatable bonds is 3. The normalized spacial score (nSPS) is 27.6. The van der Waals surface area contributed by atoms with Crippen LogP contribution in [0.3, 0.4) is 0 Å². The summed E-state index contributed by atoms with van der Waals surface area (Å²) in [6.45, 7) is 1.96. The van der Waals surface area contributed by atoms with Gasteiger partial charge in [-0.25, -0.2) is 8.42 Å². The van der Waals surface area contributed by atoms with E-state index in [0.29, 0.717) is 5.02 Å². The molecule has 1 saturated heterocycles. The highest BCUT2D eigenvalue weighted by atomic mass is 35.5. The average Bonchev–Trinajstić information content (AvgIpc) is 2.61. The fourth-order valence-corrected chi connectivity index (χ4v) is 4.67. The van der Waals surface area contributed by atoms with Gasteiger partial charge in [-0.3, -0.25) is 4.90 Å². The molecule has 0 bridgehead atoms. The maximum Gasteiger partial charge on any atom is 0.154 e. The summed E-state index contributed by atoms with van der Waals surface area (Å²) in [5, 5.41) is 10.6. The summed E-state index contributed by atoms with van der Waals surface area (Å²) in [5.74, 6) is -0.156. The van der Waals surface area contributed by atoms with E-state index in [1.165, 1.54) is 0 Å². The van der Waals surface area contributed by atoms with E-state index in [4.69, 9.17) is 11.6 Å². The van der Waals surface area contributed by atoms with E-state index < -0.39 is 15.9 Å². The average molecular weight is 304 g/mol. The van der Waals surface area contributed by atoms with E-state index in [0.717, 1.165) is 5.56 Å². The van der Waals surface area contributed by atoms with Gasteiger partial charge in [0.2, 0.25) is 0 Å². The van der Waals surface area contributed by atoms with Crippen LogP contribution in [-0.2, 0) is 9.84 Å². The van der Waals surface area contributed by atoms with Crippen molar-refractivity contribution in [3.05, 3.63) is 34.9 Å². The predicted octanol–water partition coefficient (Wildman–Crippen LogP) is 1.49. The second-order valence-electron chi connectivity index (χ2n) is 5.07. The Kier molecular flexibility index (Phi) is 4.20. The van der Waals surface area contributed by atoms with Crippen LogP contribution in [0.15, 0.2) is 24.3 Å². The van der Waals surface area contributed by atoms with E-state index in [1.807, 2.05) is 43.1 Å². The molecule has 0 aliphatic carbocycles. The van der Waals surface area contributed by atoms with Crippen molar-refractivity contribution in [3.63, 3.8) is 0 Å². The van der Waals surface area contributed by atoms with Crippen LogP contribution in [0, 0.1) is 0 Å². The van der Waals surface area contributed by atoms with Crippen LogP contribution in [0.4, 0.5) is 0 Å². The number of hydrogen-bond acceptors (Lipinski definition) is 4. The zero-order valence-electron chi connectivity index (χ0n) is 11.0. The number of sulfone groups is 1. The van der Waals surface area contributed by atoms with Gasteiger partial charge in [-0.1, -0.05) is 29.8 Å². The van der Waals surface area contributed by atoms with Gasteiger partial charge < -0.3 is 5.11 Å². The lowest BCUT2D eigenvalue weighted by Crippen LogP contribution is -2.41. The Balaban J connectivity index is 2.21. The van der Waals surface area contributed by atoms with E-state index in [2.05, 4.69) is 0 Å². The monoisotopic (exact) mass is 303 g/mol. The van der Waals surface area contributed by atoms with Crippen molar-refractivity contribution in [2.24, 2.45) is 0 Å². The molecule has 1 aromatic rings. The predicted molar refractivity (Wildman–Crippen MR) is 76.1 cm³/mol. The molecule has 6 heteroatoms. The molecule has 1 N–H and O–H groups in total. The van der Waals surface area contributed by atoms with E-state index >= 15 is 0 Å². The van der Waals surface area contributed by atoms with Gasteiger partial charge in [-0.2, -0.15) is 0 Å². The Hall–Kier alpha value is -0.620. The lowest BCUT2D eigenvalue weighted by atomic mass is 10.0. The van der Waals surface area contributed by atoms with Gasteiger partial charge in [0, 0.05) is 11.1 Å². The molecule has 106 valence electrons. The molecular weight excluding hydrogens is 286 g/mol. The first-order valence-electron chi connectivity index (χ1n) is 6.16. The molecule has 1 aromatic carbocycles. The highest BCUT2D eigenvalue weighted by Crippen LogP contribution is 2.30. The molecule has 1 fully saturated rings. The van der Waals surface area contributed by atoms with Crippen molar-refractivity contribution < 1.29 is 13.5 Å². The molecule has 1 heterocycles. The fourth-order valence-electron chi connectivity index (χ4n) is 2.52. The Labute approximate surface area is 118 Å². The Bertz CT molecular complexity index is 561. The minimum atomic E-state index is -3.14.